The van der Waals surface area contributed by atoms with Crippen molar-refractivity contribution in [1.29, 1.82) is 0 Å². The number of aromatic amines is 1. The molecule has 1 aliphatic rings. The molecule has 2 heterocycles. The van der Waals surface area contributed by atoms with Crippen molar-refractivity contribution >= 4 is 22.8 Å². The summed E-state index contributed by atoms with van der Waals surface area (Å²) < 4.78 is 1.86. The third-order valence-electron chi connectivity index (χ3n) is 6.03. The summed E-state index contributed by atoms with van der Waals surface area (Å²) in [5.74, 6) is -0.369. The Labute approximate surface area is 186 Å². The molecule has 4 rings (SSSR count). The summed E-state index contributed by atoms with van der Waals surface area (Å²) in [5.41, 5.74) is 2.23. The first-order valence-electron chi connectivity index (χ1n) is 11.2. The maximum atomic E-state index is 13.1. The van der Waals surface area contributed by atoms with E-state index >= 15 is 0 Å². The number of carbonyl (C=O) groups excluding carboxylic acids is 2. The molecule has 1 aromatic carbocycles. The van der Waals surface area contributed by atoms with Crippen LogP contribution in [0.2, 0.25) is 0 Å². The predicted molar refractivity (Wildman–Crippen MR) is 123 cm³/mol. The third kappa shape index (κ3) is 4.30. The van der Waals surface area contributed by atoms with Gasteiger partial charge in [-0.25, -0.2) is 4.98 Å². The molecule has 8 nitrogen and oxygen atoms in total. The molecule has 0 saturated heterocycles. The van der Waals surface area contributed by atoms with Gasteiger partial charge in [0, 0.05) is 25.0 Å². The van der Waals surface area contributed by atoms with E-state index in [1.807, 2.05) is 36.6 Å². The van der Waals surface area contributed by atoms with Crippen molar-refractivity contribution < 1.29 is 9.59 Å². The lowest BCUT2D eigenvalue weighted by atomic mass is 10.1. The molecular formula is C24H29N5O3. The molecule has 2 aromatic heterocycles. The molecule has 2 amide bonds. The average Bonchev–Trinajstić information content (AvgIpc) is 3.43. The lowest BCUT2D eigenvalue weighted by molar-refractivity contribution is 0.0936. The number of nitrogens with one attached hydrogen (secondary N) is 3. The summed E-state index contributed by atoms with van der Waals surface area (Å²) in [6, 6.07) is 5.65. The summed E-state index contributed by atoms with van der Waals surface area (Å²) >= 11 is 0. The fraction of sp³-hybridized carbons (Fsp3) is 0.417. The Kier molecular flexibility index (Phi) is 6.12. The molecule has 0 spiro atoms. The number of rotatable bonds is 6. The number of aryl methyl sites for hydroxylation is 1. The summed E-state index contributed by atoms with van der Waals surface area (Å²) in [4.78, 5) is 46.5. The molecule has 1 saturated carbocycles. The second-order valence-corrected chi connectivity index (χ2v) is 8.50. The van der Waals surface area contributed by atoms with Crippen molar-refractivity contribution in [2.45, 2.75) is 58.5 Å². The first kappa shape index (κ1) is 21.8. The van der Waals surface area contributed by atoms with Crippen LogP contribution in [0, 0.1) is 6.92 Å². The van der Waals surface area contributed by atoms with Crippen LogP contribution in [-0.4, -0.2) is 32.9 Å². The van der Waals surface area contributed by atoms with E-state index in [-0.39, 0.29) is 17.2 Å². The van der Waals surface area contributed by atoms with E-state index in [9.17, 15) is 14.4 Å². The van der Waals surface area contributed by atoms with Crippen molar-refractivity contribution in [3.63, 3.8) is 0 Å². The lowest BCUT2D eigenvalue weighted by Crippen LogP contribution is -2.36. The van der Waals surface area contributed by atoms with E-state index in [1.165, 1.54) is 0 Å². The fourth-order valence-electron chi connectivity index (χ4n) is 4.28. The zero-order chi connectivity index (χ0) is 22.8. The Morgan fingerprint density at radius 2 is 1.88 bits per heavy atom. The average molecular weight is 436 g/mol. The number of amides is 2. The van der Waals surface area contributed by atoms with Gasteiger partial charge in [-0.15, -0.1) is 0 Å². The van der Waals surface area contributed by atoms with Crippen LogP contribution < -0.4 is 16.1 Å². The summed E-state index contributed by atoms with van der Waals surface area (Å²) in [7, 11) is 0. The highest BCUT2D eigenvalue weighted by atomic mass is 16.2. The largest absolute Gasteiger partial charge is 0.352 e. The molecule has 1 atom stereocenters. The topological polar surface area (TPSA) is 109 Å². The molecule has 32 heavy (non-hydrogen) atoms. The molecule has 8 heteroatoms. The molecule has 168 valence electrons. The Bertz CT molecular complexity index is 1220. The van der Waals surface area contributed by atoms with Gasteiger partial charge in [0.1, 0.15) is 17.0 Å². The highest BCUT2D eigenvalue weighted by Gasteiger charge is 2.24. The van der Waals surface area contributed by atoms with Crippen molar-refractivity contribution in [3.8, 4) is 0 Å². The monoisotopic (exact) mass is 435 g/mol. The van der Waals surface area contributed by atoms with Gasteiger partial charge in [-0.2, -0.15) is 0 Å². The molecule has 1 fully saturated rings. The zero-order valence-corrected chi connectivity index (χ0v) is 18.7. The van der Waals surface area contributed by atoms with Crippen LogP contribution in [0.25, 0.3) is 11.0 Å². The quantitative estimate of drug-likeness (QED) is 0.551. The maximum Gasteiger partial charge on any atom is 0.257 e. The van der Waals surface area contributed by atoms with Crippen molar-refractivity contribution in [1.82, 2.24) is 25.2 Å². The number of H-pyrrole nitrogens is 1. The van der Waals surface area contributed by atoms with E-state index in [1.54, 1.807) is 19.3 Å². The third-order valence-corrected chi connectivity index (χ3v) is 6.03. The number of benzene rings is 1. The van der Waals surface area contributed by atoms with Gasteiger partial charge < -0.3 is 20.2 Å². The number of carbonyl (C=O) groups is 2. The smallest absolute Gasteiger partial charge is 0.257 e. The summed E-state index contributed by atoms with van der Waals surface area (Å²) in [6.45, 7) is 6.01. The van der Waals surface area contributed by atoms with Gasteiger partial charge in [0.2, 0.25) is 5.43 Å². The Hall–Kier alpha value is -3.42. The van der Waals surface area contributed by atoms with Gasteiger partial charge in [0.05, 0.1) is 17.1 Å². The highest BCUT2D eigenvalue weighted by molar-refractivity contribution is 5.99. The second kappa shape index (κ2) is 8.98. The number of pyridine rings is 1. The lowest BCUT2D eigenvalue weighted by Gasteiger charge is -2.18. The first-order chi connectivity index (χ1) is 15.4. The molecule has 3 N–H and O–H groups in total. The van der Waals surface area contributed by atoms with Crippen molar-refractivity contribution in [3.05, 3.63) is 63.3 Å². The van der Waals surface area contributed by atoms with Gasteiger partial charge in [-0.1, -0.05) is 18.9 Å². The number of nitrogens with zero attached hydrogens (tertiary/aromatic N) is 2. The molecule has 0 aliphatic heterocycles. The van der Waals surface area contributed by atoms with Crippen LogP contribution >= 0.6 is 0 Å². The van der Waals surface area contributed by atoms with Crippen LogP contribution in [0.5, 0.6) is 0 Å². The van der Waals surface area contributed by atoms with E-state index < -0.39 is 23.3 Å². The van der Waals surface area contributed by atoms with E-state index in [2.05, 4.69) is 20.6 Å². The fourth-order valence-corrected chi connectivity index (χ4v) is 4.28. The van der Waals surface area contributed by atoms with E-state index in [0.29, 0.717) is 12.4 Å². The van der Waals surface area contributed by atoms with Crippen molar-refractivity contribution in [2.75, 3.05) is 6.54 Å². The molecule has 1 aliphatic carbocycles. The molecule has 3 aromatic rings. The minimum absolute atomic E-state index is 0.00161. The number of hydrogen-bond acceptors (Lipinski definition) is 4. The predicted octanol–water partition coefficient (Wildman–Crippen LogP) is 3.39. The van der Waals surface area contributed by atoms with Crippen molar-refractivity contribution in [2.24, 2.45) is 0 Å². The van der Waals surface area contributed by atoms with Gasteiger partial charge in [-0.3, -0.25) is 14.4 Å². The molecule has 0 radical (unpaired) electrons. The second-order valence-electron chi connectivity index (χ2n) is 8.50. The highest BCUT2D eigenvalue weighted by Crippen LogP contribution is 2.29. The van der Waals surface area contributed by atoms with Gasteiger partial charge in [0.25, 0.3) is 11.8 Å². The van der Waals surface area contributed by atoms with Crippen LogP contribution in [0.15, 0.2) is 35.4 Å². The Balaban J connectivity index is 1.65. The van der Waals surface area contributed by atoms with Gasteiger partial charge >= 0.3 is 0 Å². The minimum Gasteiger partial charge on any atom is -0.352 e. The SMILES string of the molecule is CCNC(=O)c1cn(C2CCCC2)cc(C(=O)N[C@@H](C)c2nc3ccc(C)cc3[nH]2)c1=O. The first-order valence-corrected chi connectivity index (χ1v) is 11.2. The zero-order valence-electron chi connectivity index (χ0n) is 18.7. The Morgan fingerprint density at radius 1 is 1.19 bits per heavy atom. The Morgan fingerprint density at radius 3 is 2.56 bits per heavy atom. The van der Waals surface area contributed by atoms with E-state index in [4.69, 9.17) is 0 Å². The minimum atomic E-state index is -0.560. The molecular weight excluding hydrogens is 406 g/mol. The van der Waals surface area contributed by atoms with E-state index in [0.717, 1.165) is 42.3 Å². The molecule has 0 unspecified atom stereocenters. The normalized spacial score (nSPS) is 15.1. The number of imidazole rings is 1. The van der Waals surface area contributed by atoms with Crippen LogP contribution in [-0.2, 0) is 0 Å². The summed E-state index contributed by atoms with van der Waals surface area (Å²) in [5, 5.41) is 5.54. The van der Waals surface area contributed by atoms with Gasteiger partial charge in [-0.05, 0) is 51.3 Å². The van der Waals surface area contributed by atoms with Crippen LogP contribution in [0.1, 0.15) is 83.7 Å². The van der Waals surface area contributed by atoms with Crippen LogP contribution in [0.3, 0.4) is 0 Å². The standard InChI is InChI=1S/C24H29N5O3/c1-4-25-23(31)17-12-29(16-7-5-6-8-16)13-18(21(17)30)24(32)26-15(3)22-27-19-10-9-14(2)11-20(19)28-22/h9-13,15-16H,4-8H2,1-3H3,(H,25,31)(H,26,32)(H,27,28)/t15-/m0/s1. The maximum absolute atomic E-state index is 13.1. The van der Waals surface area contributed by atoms with Crippen LogP contribution in [0.4, 0.5) is 0 Å². The van der Waals surface area contributed by atoms with Gasteiger partial charge in [0.15, 0.2) is 0 Å². The summed E-state index contributed by atoms with van der Waals surface area (Å²) in [6.07, 6.45) is 7.30. The number of fused-ring (bicyclic) bond motifs is 1. The molecule has 0 bridgehead atoms. The number of aromatic nitrogens is 3. The number of hydrogen-bond donors (Lipinski definition) is 3.